The lowest BCUT2D eigenvalue weighted by molar-refractivity contribution is 0.487. The number of nitrogens with zero attached hydrogens (tertiary/aromatic N) is 1. The van der Waals surface area contributed by atoms with E-state index in [1.807, 2.05) is 0 Å². The standard InChI is InChI=1S/C18H29NO4S2/c1-2-3-4-5-6-7-8-9-10-13-16-19-24(20,21)17-14-11-12-15-18(17)25(19,22)23/h11-12,14-15H,2-10,13,16H2,1H3. The van der Waals surface area contributed by atoms with Gasteiger partial charge in [-0.25, -0.2) is 16.8 Å². The Morgan fingerprint density at radius 2 is 1.08 bits per heavy atom. The van der Waals surface area contributed by atoms with Crippen molar-refractivity contribution in [1.29, 1.82) is 0 Å². The molecule has 2 rings (SSSR count). The largest absolute Gasteiger partial charge is 0.257 e. The molecule has 25 heavy (non-hydrogen) atoms. The fraction of sp³-hybridized carbons (Fsp3) is 0.667. The van der Waals surface area contributed by atoms with Gasteiger partial charge in [0.05, 0.1) is 0 Å². The van der Waals surface area contributed by atoms with Gasteiger partial charge in [0.15, 0.2) is 0 Å². The molecule has 1 heterocycles. The molecular weight excluding hydrogens is 358 g/mol. The summed E-state index contributed by atoms with van der Waals surface area (Å²) in [6, 6.07) is 5.83. The van der Waals surface area contributed by atoms with Crippen LogP contribution in [0.3, 0.4) is 0 Å². The number of fused-ring (bicyclic) bond motifs is 1. The molecule has 0 fully saturated rings. The Labute approximate surface area is 152 Å². The third kappa shape index (κ3) is 4.83. The summed E-state index contributed by atoms with van der Waals surface area (Å²) in [5, 5.41) is 0. The maximum atomic E-state index is 12.4. The van der Waals surface area contributed by atoms with Crippen LogP contribution in [-0.4, -0.2) is 27.1 Å². The van der Waals surface area contributed by atoms with Crippen molar-refractivity contribution in [2.24, 2.45) is 0 Å². The molecule has 1 aliphatic heterocycles. The van der Waals surface area contributed by atoms with Crippen molar-refractivity contribution in [3.05, 3.63) is 24.3 Å². The van der Waals surface area contributed by atoms with Crippen LogP contribution in [0.1, 0.15) is 71.1 Å². The Morgan fingerprint density at radius 3 is 1.52 bits per heavy atom. The molecule has 0 aromatic heterocycles. The molecule has 7 heteroatoms. The number of hydrogen-bond donors (Lipinski definition) is 0. The first-order chi connectivity index (χ1) is 11.9. The van der Waals surface area contributed by atoms with E-state index >= 15 is 0 Å². The van der Waals surface area contributed by atoms with Gasteiger partial charge in [0.1, 0.15) is 9.79 Å². The van der Waals surface area contributed by atoms with Gasteiger partial charge in [-0.2, -0.15) is 0 Å². The third-order valence-corrected chi connectivity index (χ3v) is 9.20. The predicted octanol–water partition coefficient (Wildman–Crippen LogP) is 4.30. The van der Waals surface area contributed by atoms with Gasteiger partial charge in [0.25, 0.3) is 20.0 Å². The van der Waals surface area contributed by atoms with Crippen molar-refractivity contribution >= 4 is 20.0 Å². The summed E-state index contributed by atoms with van der Waals surface area (Å²) in [5.74, 6) is 0. The molecule has 142 valence electrons. The average molecular weight is 388 g/mol. The Hall–Kier alpha value is -0.920. The zero-order chi connectivity index (χ0) is 18.3. The number of benzene rings is 1. The molecule has 0 unspecified atom stereocenters. The van der Waals surface area contributed by atoms with E-state index in [2.05, 4.69) is 6.92 Å². The number of sulfonamides is 2. The fourth-order valence-corrected chi connectivity index (χ4v) is 7.66. The van der Waals surface area contributed by atoms with Gasteiger partial charge >= 0.3 is 0 Å². The van der Waals surface area contributed by atoms with Crippen LogP contribution < -0.4 is 0 Å². The molecule has 1 aromatic rings. The summed E-state index contributed by atoms with van der Waals surface area (Å²) < 4.78 is 50.4. The van der Waals surface area contributed by atoms with E-state index in [0.717, 1.165) is 19.3 Å². The van der Waals surface area contributed by atoms with Gasteiger partial charge in [-0.15, -0.1) is 0 Å². The number of rotatable bonds is 11. The maximum Gasteiger partial charge on any atom is 0.257 e. The molecule has 0 saturated heterocycles. The topological polar surface area (TPSA) is 71.5 Å². The lowest BCUT2D eigenvalue weighted by Gasteiger charge is -2.13. The van der Waals surface area contributed by atoms with Gasteiger partial charge < -0.3 is 0 Å². The van der Waals surface area contributed by atoms with E-state index in [0.29, 0.717) is 10.1 Å². The van der Waals surface area contributed by atoms with Crippen molar-refractivity contribution in [1.82, 2.24) is 3.71 Å². The Balaban J connectivity index is 1.75. The highest BCUT2D eigenvalue weighted by Gasteiger charge is 2.46. The van der Waals surface area contributed by atoms with Gasteiger partial charge in [0.2, 0.25) is 0 Å². The molecule has 0 aliphatic carbocycles. The van der Waals surface area contributed by atoms with Crippen LogP contribution in [0.5, 0.6) is 0 Å². The predicted molar refractivity (Wildman–Crippen MR) is 99.4 cm³/mol. The van der Waals surface area contributed by atoms with Gasteiger partial charge in [-0.3, -0.25) is 0 Å². The normalized spacial score (nSPS) is 18.3. The van der Waals surface area contributed by atoms with Gasteiger partial charge in [-0.1, -0.05) is 80.6 Å². The maximum absolute atomic E-state index is 12.4. The van der Waals surface area contributed by atoms with E-state index in [1.54, 1.807) is 12.1 Å². The molecule has 0 atom stereocenters. The van der Waals surface area contributed by atoms with Gasteiger partial charge in [-0.05, 0) is 18.6 Å². The molecule has 0 spiro atoms. The van der Waals surface area contributed by atoms with Gasteiger partial charge in [0, 0.05) is 6.54 Å². The Morgan fingerprint density at radius 1 is 0.680 bits per heavy atom. The van der Waals surface area contributed by atoms with Crippen LogP contribution in [-0.2, 0) is 20.0 Å². The summed E-state index contributed by atoms with van der Waals surface area (Å²) in [7, 11) is -7.84. The summed E-state index contributed by atoms with van der Waals surface area (Å²) >= 11 is 0. The molecular formula is C18H29NO4S2. The highest BCUT2D eigenvalue weighted by atomic mass is 32.3. The smallest absolute Gasteiger partial charge is 0.206 e. The number of unbranched alkanes of at least 4 members (excludes halogenated alkanes) is 9. The van der Waals surface area contributed by atoms with E-state index in [4.69, 9.17) is 0 Å². The van der Waals surface area contributed by atoms with E-state index < -0.39 is 20.0 Å². The molecule has 0 N–H and O–H groups in total. The molecule has 5 nitrogen and oxygen atoms in total. The Bertz CT molecular complexity index is 704. The quantitative estimate of drug-likeness (QED) is 0.531. The zero-order valence-electron chi connectivity index (χ0n) is 15.0. The minimum absolute atomic E-state index is 0.0375. The van der Waals surface area contributed by atoms with Crippen LogP contribution >= 0.6 is 0 Å². The highest BCUT2D eigenvalue weighted by Crippen LogP contribution is 2.36. The number of hydrogen-bond acceptors (Lipinski definition) is 4. The lowest BCUT2D eigenvalue weighted by atomic mass is 10.1. The van der Waals surface area contributed by atoms with E-state index in [9.17, 15) is 16.8 Å². The van der Waals surface area contributed by atoms with Crippen LogP contribution in [0.15, 0.2) is 34.1 Å². The first kappa shape index (κ1) is 20.4. The van der Waals surface area contributed by atoms with Crippen molar-refractivity contribution in [2.45, 2.75) is 80.9 Å². The van der Waals surface area contributed by atoms with Crippen LogP contribution in [0.25, 0.3) is 0 Å². The first-order valence-corrected chi connectivity index (χ1v) is 12.2. The molecule has 0 radical (unpaired) electrons. The molecule has 0 saturated carbocycles. The summed E-state index contributed by atoms with van der Waals surface area (Å²) in [5.41, 5.74) is 0. The lowest BCUT2D eigenvalue weighted by Crippen LogP contribution is -2.31. The second-order valence-electron chi connectivity index (χ2n) is 6.64. The molecule has 1 aromatic carbocycles. The second-order valence-corrected chi connectivity index (χ2v) is 10.5. The van der Waals surface area contributed by atoms with Crippen molar-refractivity contribution in [3.63, 3.8) is 0 Å². The zero-order valence-corrected chi connectivity index (χ0v) is 16.6. The summed E-state index contributed by atoms with van der Waals surface area (Å²) in [6.07, 6.45) is 11.2. The van der Waals surface area contributed by atoms with Crippen molar-refractivity contribution in [3.8, 4) is 0 Å². The van der Waals surface area contributed by atoms with Crippen molar-refractivity contribution in [2.75, 3.05) is 6.54 Å². The molecule has 0 bridgehead atoms. The van der Waals surface area contributed by atoms with Crippen molar-refractivity contribution < 1.29 is 16.8 Å². The second kappa shape index (κ2) is 9.14. The summed E-state index contributed by atoms with van der Waals surface area (Å²) in [4.78, 5) is -0.191. The van der Waals surface area contributed by atoms with E-state index in [1.165, 1.54) is 50.7 Å². The van der Waals surface area contributed by atoms with Crippen LogP contribution in [0.4, 0.5) is 0 Å². The average Bonchev–Trinajstić information content (AvgIpc) is 2.74. The highest BCUT2D eigenvalue weighted by molar-refractivity contribution is 8.06. The van der Waals surface area contributed by atoms with E-state index in [-0.39, 0.29) is 16.3 Å². The Kier molecular flexibility index (Phi) is 7.46. The monoisotopic (exact) mass is 387 g/mol. The first-order valence-electron chi connectivity index (χ1n) is 9.29. The summed E-state index contributed by atoms with van der Waals surface area (Å²) in [6.45, 7) is 2.25. The minimum atomic E-state index is -3.92. The SMILES string of the molecule is CCCCCCCCCCCCN1S(=O)(=O)c2ccccc2S1(=O)=O. The molecule has 1 aliphatic rings. The molecule has 0 amide bonds. The fourth-order valence-electron chi connectivity index (χ4n) is 3.19. The van der Waals surface area contributed by atoms with Crippen LogP contribution in [0.2, 0.25) is 0 Å². The van der Waals surface area contributed by atoms with Crippen LogP contribution in [0, 0.1) is 0 Å². The third-order valence-electron chi connectivity index (χ3n) is 4.64. The minimum Gasteiger partial charge on any atom is -0.206 e.